The minimum atomic E-state index is -4.83. The first-order valence-electron chi connectivity index (χ1n) is 21.7. The molecule has 30 heteroatoms. The summed E-state index contributed by atoms with van der Waals surface area (Å²) in [7, 11) is 0. The van der Waals surface area contributed by atoms with E-state index in [1.165, 1.54) is 48.5 Å². The SMILES string of the molecule is CC(C)(COCC(F)(F)F)COCC(C)(COCC(F)(F)F)COCC(C)(COCC(F)(F)F)COCC(C)(COCC(F)(F)F)COCC(C)(COCC(F)(F)F)COCC(C)(CO)COCC(F)(F)F. The maximum Gasteiger partial charge on any atom is 0.411 e. The second-order valence-corrected chi connectivity index (χ2v) is 20.5. The summed E-state index contributed by atoms with van der Waals surface area (Å²) < 4.78 is 290. The van der Waals surface area contributed by atoms with E-state index in [9.17, 15) is 84.1 Å². The Hall–Kier alpha value is -1.74. The molecule has 0 aliphatic carbocycles. The van der Waals surface area contributed by atoms with Crippen molar-refractivity contribution in [3.8, 4) is 0 Å². The monoisotopic (exact) mass is 1110 g/mol. The fraction of sp³-hybridized carbons (Fsp3) is 1.00. The van der Waals surface area contributed by atoms with Crippen molar-refractivity contribution in [3.05, 3.63) is 0 Å². The second-order valence-electron chi connectivity index (χ2n) is 20.5. The third-order valence-electron chi connectivity index (χ3n) is 9.27. The highest BCUT2D eigenvalue weighted by Crippen LogP contribution is 2.31. The van der Waals surface area contributed by atoms with Gasteiger partial charge in [-0.2, -0.15) is 79.0 Å². The average Bonchev–Trinajstić information content (AvgIpc) is 3.14. The molecule has 0 aromatic rings. The molecule has 0 aliphatic rings. The number of aliphatic hydroxyl groups excluding tert-OH is 1. The summed E-state index contributed by atoms with van der Waals surface area (Å²) in [6, 6.07) is 0. The molecule has 0 aromatic carbocycles. The topological polar surface area (TPSA) is 122 Å². The number of aliphatic hydroxyl groups is 1. The van der Waals surface area contributed by atoms with Gasteiger partial charge in [0.2, 0.25) is 0 Å². The molecule has 0 saturated heterocycles. The molecule has 434 valence electrons. The first-order valence-corrected chi connectivity index (χ1v) is 21.7. The molecule has 5 atom stereocenters. The van der Waals surface area contributed by atoms with Crippen molar-refractivity contribution in [2.45, 2.75) is 85.5 Å². The van der Waals surface area contributed by atoms with Crippen molar-refractivity contribution in [1.82, 2.24) is 0 Å². The van der Waals surface area contributed by atoms with Gasteiger partial charge in [-0.15, -0.1) is 0 Å². The maximum atomic E-state index is 13.1. The Kier molecular flexibility index (Phi) is 29.0. The molecule has 5 unspecified atom stereocenters. The molecule has 0 rings (SSSR count). The number of rotatable bonds is 39. The molecule has 0 amide bonds. The van der Waals surface area contributed by atoms with E-state index < -0.39 is 215 Å². The van der Waals surface area contributed by atoms with Gasteiger partial charge in [-0.1, -0.05) is 48.5 Å². The van der Waals surface area contributed by atoms with Crippen LogP contribution in [0.15, 0.2) is 0 Å². The highest BCUT2D eigenvalue weighted by atomic mass is 19.4. The van der Waals surface area contributed by atoms with E-state index in [0.29, 0.717) is 0 Å². The van der Waals surface area contributed by atoms with E-state index in [4.69, 9.17) is 42.6 Å². The van der Waals surface area contributed by atoms with Crippen molar-refractivity contribution in [3.63, 3.8) is 0 Å². The minimum absolute atomic E-state index is 0.262. The van der Waals surface area contributed by atoms with Crippen molar-refractivity contribution >= 4 is 0 Å². The van der Waals surface area contributed by atoms with Gasteiger partial charge in [-0.3, -0.25) is 0 Å². The van der Waals surface area contributed by atoms with Crippen molar-refractivity contribution in [2.24, 2.45) is 32.5 Å². The van der Waals surface area contributed by atoms with Crippen LogP contribution in [-0.2, 0) is 52.1 Å². The largest absolute Gasteiger partial charge is 0.411 e. The highest BCUT2D eigenvalue weighted by molar-refractivity contribution is 4.82. The van der Waals surface area contributed by atoms with Gasteiger partial charge in [-0.25, -0.2) is 0 Å². The summed E-state index contributed by atoms with van der Waals surface area (Å²) in [5.41, 5.74) is -8.53. The Labute approximate surface area is 406 Å². The zero-order valence-electron chi connectivity index (χ0n) is 41.0. The fourth-order valence-corrected chi connectivity index (χ4v) is 5.93. The van der Waals surface area contributed by atoms with Crippen LogP contribution in [0, 0.1) is 32.5 Å². The van der Waals surface area contributed by atoms with Gasteiger partial charge in [0, 0.05) is 32.5 Å². The molecule has 0 heterocycles. The van der Waals surface area contributed by atoms with Crippen LogP contribution in [0.25, 0.3) is 0 Å². The Balaban J connectivity index is 6.30. The average molecular weight is 1110 g/mol. The number of alkyl halides is 18. The zero-order chi connectivity index (χ0) is 56.0. The Morgan fingerprint density at radius 2 is 0.333 bits per heavy atom. The van der Waals surface area contributed by atoms with Gasteiger partial charge < -0.3 is 57.2 Å². The molecule has 12 nitrogen and oxygen atoms in total. The third-order valence-corrected chi connectivity index (χ3v) is 9.27. The quantitative estimate of drug-likeness (QED) is 0.0591. The summed E-state index contributed by atoms with van der Waals surface area (Å²) in [5.74, 6) is 0. The third kappa shape index (κ3) is 38.8. The molecule has 0 bridgehead atoms. The Morgan fingerprint density at radius 3 is 0.486 bits per heavy atom. The second kappa shape index (κ2) is 29.7. The molecule has 72 heavy (non-hydrogen) atoms. The van der Waals surface area contributed by atoms with Gasteiger partial charge in [0.05, 0.1) is 112 Å². The van der Waals surface area contributed by atoms with E-state index in [1.54, 1.807) is 0 Å². The fourth-order valence-electron chi connectivity index (χ4n) is 5.93. The Morgan fingerprint density at radius 1 is 0.208 bits per heavy atom. The molecular formula is C42H68F18O12. The van der Waals surface area contributed by atoms with Gasteiger partial charge in [-0.05, 0) is 0 Å². The number of ether oxygens (including phenoxy) is 11. The van der Waals surface area contributed by atoms with E-state index >= 15 is 0 Å². The molecule has 0 fully saturated rings. The van der Waals surface area contributed by atoms with Crippen LogP contribution in [0.1, 0.15) is 48.5 Å². The predicted octanol–water partition coefficient (Wildman–Crippen LogP) is 9.59. The van der Waals surface area contributed by atoms with Crippen LogP contribution in [0.4, 0.5) is 79.0 Å². The highest BCUT2D eigenvalue weighted by Gasteiger charge is 2.39. The Bertz CT molecular complexity index is 1460. The standard InChI is InChI=1S/C42H68F18O12/c1-31(2,10-63-25-37(43,44)45)9-62-13-33(4,21-69-27-39(49,50)51)15-65-17-35(6,23-71-29-41(55,56)57)19-67-20-36(7,24-72-30-42(58,59)60)18-66-16-34(5,22-70-28-40(52,53)54)14-64-11-32(3,8-61)12-68-26-38(46,47)48/h61H,8-30H2,1-7H3. The number of hydrogen-bond donors (Lipinski definition) is 1. The molecular weight excluding hydrogens is 1040 g/mol. The molecule has 0 radical (unpaired) electrons. The van der Waals surface area contributed by atoms with Crippen molar-refractivity contribution in [2.75, 3.05) is 152 Å². The van der Waals surface area contributed by atoms with Crippen LogP contribution >= 0.6 is 0 Å². The molecule has 0 spiro atoms. The van der Waals surface area contributed by atoms with Crippen molar-refractivity contribution in [1.29, 1.82) is 0 Å². The molecule has 0 aliphatic heterocycles. The first-order chi connectivity index (χ1) is 32.3. The lowest BCUT2D eigenvalue weighted by Gasteiger charge is -2.36. The summed E-state index contributed by atoms with van der Waals surface area (Å²) >= 11 is 0. The lowest BCUT2D eigenvalue weighted by molar-refractivity contribution is -0.196. The van der Waals surface area contributed by atoms with Crippen LogP contribution in [-0.4, -0.2) is 194 Å². The smallest absolute Gasteiger partial charge is 0.396 e. The van der Waals surface area contributed by atoms with Crippen molar-refractivity contribution < 1.29 is 136 Å². The van der Waals surface area contributed by atoms with Gasteiger partial charge in [0.25, 0.3) is 0 Å². The normalized spacial score (nSPS) is 18.1. The summed E-state index contributed by atoms with van der Waals surface area (Å²) in [6.45, 7) is -10.4. The zero-order valence-corrected chi connectivity index (χ0v) is 41.0. The van der Waals surface area contributed by atoms with Crippen LogP contribution in [0.2, 0.25) is 0 Å². The van der Waals surface area contributed by atoms with Crippen LogP contribution in [0.3, 0.4) is 0 Å². The van der Waals surface area contributed by atoms with E-state index in [1.807, 2.05) is 0 Å². The van der Waals surface area contributed by atoms with Gasteiger partial charge in [0.15, 0.2) is 0 Å². The predicted molar refractivity (Wildman–Crippen MR) is 217 cm³/mol. The van der Waals surface area contributed by atoms with E-state index in [2.05, 4.69) is 9.47 Å². The number of halogens is 18. The summed E-state index contributed by atoms with van der Waals surface area (Å²) in [4.78, 5) is 0. The van der Waals surface area contributed by atoms with E-state index in [-0.39, 0.29) is 6.61 Å². The van der Waals surface area contributed by atoms with Gasteiger partial charge in [0.1, 0.15) is 39.6 Å². The lowest BCUT2D eigenvalue weighted by atomic mass is 9.91. The van der Waals surface area contributed by atoms with Crippen LogP contribution in [0.5, 0.6) is 0 Å². The first kappa shape index (κ1) is 70.3. The molecule has 0 saturated carbocycles. The molecule has 0 aromatic heterocycles. The maximum absolute atomic E-state index is 13.1. The number of hydrogen-bond acceptors (Lipinski definition) is 12. The minimum Gasteiger partial charge on any atom is -0.396 e. The summed E-state index contributed by atoms with van der Waals surface area (Å²) in [5, 5.41) is 9.80. The summed E-state index contributed by atoms with van der Waals surface area (Å²) in [6.07, 6.45) is -28.5. The molecule has 1 N–H and O–H groups in total. The van der Waals surface area contributed by atoms with Gasteiger partial charge >= 0.3 is 37.1 Å². The van der Waals surface area contributed by atoms with E-state index in [0.717, 1.165) is 0 Å². The lowest BCUT2D eigenvalue weighted by Crippen LogP contribution is -2.43. The van der Waals surface area contributed by atoms with Crippen LogP contribution < -0.4 is 0 Å².